The summed E-state index contributed by atoms with van der Waals surface area (Å²) >= 11 is 6.01. The summed E-state index contributed by atoms with van der Waals surface area (Å²) in [4.78, 5) is 18.6. The van der Waals surface area contributed by atoms with Crippen molar-refractivity contribution in [2.45, 2.75) is 19.3 Å². The van der Waals surface area contributed by atoms with Crippen molar-refractivity contribution in [3.63, 3.8) is 0 Å². The van der Waals surface area contributed by atoms with Crippen LogP contribution in [-0.4, -0.2) is 49.0 Å². The van der Waals surface area contributed by atoms with E-state index in [1.165, 1.54) is 25.9 Å². The third-order valence-corrected chi connectivity index (χ3v) is 3.76. The molecule has 0 saturated carbocycles. The Bertz CT molecular complexity index is 460. The molecular formula is C14H21ClN4O. The molecule has 110 valence electrons. The van der Waals surface area contributed by atoms with Gasteiger partial charge in [0.05, 0.1) is 5.02 Å². The molecule has 5 nitrogen and oxygen atoms in total. The van der Waals surface area contributed by atoms with Gasteiger partial charge in [0.1, 0.15) is 11.5 Å². The lowest BCUT2D eigenvalue weighted by atomic mass is 10.3. The van der Waals surface area contributed by atoms with Gasteiger partial charge in [0.25, 0.3) is 5.91 Å². The SMILES string of the molecule is CNc1ccc(Cl)c(C(=O)NCCCN2CCCC2)n1. The first kappa shape index (κ1) is 15.1. The van der Waals surface area contributed by atoms with Gasteiger partial charge in [-0.3, -0.25) is 4.79 Å². The number of amides is 1. The number of rotatable bonds is 6. The standard InChI is InChI=1S/C14H21ClN4O/c1-16-12-6-5-11(15)13(18-12)14(20)17-7-4-10-19-8-2-3-9-19/h5-6H,2-4,7-10H2,1H3,(H,16,18)(H,17,20). The Balaban J connectivity index is 1.79. The molecule has 1 aromatic rings. The average molecular weight is 297 g/mol. The number of nitrogens with zero attached hydrogens (tertiary/aromatic N) is 2. The number of hydrogen-bond donors (Lipinski definition) is 2. The number of nitrogens with one attached hydrogen (secondary N) is 2. The smallest absolute Gasteiger partial charge is 0.271 e. The lowest BCUT2D eigenvalue weighted by Gasteiger charge is -2.14. The van der Waals surface area contributed by atoms with Gasteiger partial charge in [-0.2, -0.15) is 0 Å². The predicted molar refractivity (Wildman–Crippen MR) is 81.4 cm³/mol. The van der Waals surface area contributed by atoms with Crippen molar-refractivity contribution in [3.8, 4) is 0 Å². The van der Waals surface area contributed by atoms with Crippen molar-refractivity contribution in [1.82, 2.24) is 15.2 Å². The topological polar surface area (TPSA) is 57.3 Å². The summed E-state index contributed by atoms with van der Waals surface area (Å²) < 4.78 is 0. The number of anilines is 1. The van der Waals surface area contributed by atoms with Gasteiger partial charge >= 0.3 is 0 Å². The molecule has 0 bridgehead atoms. The van der Waals surface area contributed by atoms with Crippen molar-refractivity contribution in [1.29, 1.82) is 0 Å². The third-order valence-electron chi connectivity index (χ3n) is 3.45. The lowest BCUT2D eigenvalue weighted by Crippen LogP contribution is -2.29. The number of likely N-dealkylation sites (tertiary alicyclic amines) is 1. The molecule has 1 aliphatic rings. The molecule has 0 unspecified atom stereocenters. The van der Waals surface area contributed by atoms with E-state index in [0.717, 1.165) is 13.0 Å². The van der Waals surface area contributed by atoms with Gasteiger partial charge in [0.2, 0.25) is 0 Å². The van der Waals surface area contributed by atoms with Crippen LogP contribution in [0, 0.1) is 0 Å². The van der Waals surface area contributed by atoms with Crippen molar-refractivity contribution in [2.75, 3.05) is 38.5 Å². The van der Waals surface area contributed by atoms with Crippen LogP contribution >= 0.6 is 11.6 Å². The van der Waals surface area contributed by atoms with Crippen LogP contribution in [0.15, 0.2) is 12.1 Å². The quantitative estimate of drug-likeness (QED) is 0.788. The van der Waals surface area contributed by atoms with Crippen molar-refractivity contribution < 1.29 is 4.79 Å². The summed E-state index contributed by atoms with van der Waals surface area (Å²) in [6.07, 6.45) is 3.54. The molecule has 0 aromatic carbocycles. The first-order chi connectivity index (χ1) is 9.70. The van der Waals surface area contributed by atoms with Crippen LogP contribution in [0.5, 0.6) is 0 Å². The molecule has 2 heterocycles. The van der Waals surface area contributed by atoms with Crippen LogP contribution < -0.4 is 10.6 Å². The fourth-order valence-electron chi connectivity index (χ4n) is 2.34. The van der Waals surface area contributed by atoms with E-state index >= 15 is 0 Å². The van der Waals surface area contributed by atoms with E-state index < -0.39 is 0 Å². The highest BCUT2D eigenvalue weighted by atomic mass is 35.5. The molecule has 20 heavy (non-hydrogen) atoms. The zero-order chi connectivity index (χ0) is 14.4. The van der Waals surface area contributed by atoms with Crippen LogP contribution in [0.1, 0.15) is 29.8 Å². The monoisotopic (exact) mass is 296 g/mol. The summed E-state index contributed by atoms with van der Waals surface area (Å²) in [5, 5.41) is 6.15. The maximum Gasteiger partial charge on any atom is 0.271 e. The fourth-order valence-corrected chi connectivity index (χ4v) is 2.53. The molecule has 0 radical (unpaired) electrons. The highest BCUT2D eigenvalue weighted by Gasteiger charge is 2.13. The normalized spacial score (nSPS) is 15.3. The van der Waals surface area contributed by atoms with Crippen molar-refractivity contribution >= 4 is 23.3 Å². The molecule has 1 aliphatic heterocycles. The Morgan fingerprint density at radius 2 is 2.15 bits per heavy atom. The minimum atomic E-state index is -0.214. The van der Waals surface area contributed by atoms with Crippen LogP contribution in [0.25, 0.3) is 0 Å². The van der Waals surface area contributed by atoms with E-state index in [2.05, 4.69) is 20.5 Å². The maximum atomic E-state index is 12.0. The van der Waals surface area contributed by atoms with Gasteiger partial charge in [0, 0.05) is 13.6 Å². The summed E-state index contributed by atoms with van der Waals surface area (Å²) in [7, 11) is 1.76. The zero-order valence-electron chi connectivity index (χ0n) is 11.8. The average Bonchev–Trinajstić information content (AvgIpc) is 2.97. The Kier molecular flexibility index (Phi) is 5.61. The maximum absolute atomic E-state index is 12.0. The number of carbonyl (C=O) groups is 1. The Hall–Kier alpha value is -1.33. The molecule has 2 rings (SSSR count). The molecule has 1 fully saturated rings. The Morgan fingerprint density at radius 3 is 2.85 bits per heavy atom. The molecule has 2 N–H and O–H groups in total. The number of pyridine rings is 1. The number of carbonyl (C=O) groups excluding carboxylic acids is 1. The molecule has 1 aromatic heterocycles. The highest BCUT2D eigenvalue weighted by molar-refractivity contribution is 6.33. The number of halogens is 1. The van der Waals surface area contributed by atoms with E-state index in [0.29, 0.717) is 17.4 Å². The Morgan fingerprint density at radius 1 is 1.40 bits per heavy atom. The predicted octanol–water partition coefficient (Wildman–Crippen LogP) is 1.99. The van der Waals surface area contributed by atoms with Gasteiger partial charge in [-0.1, -0.05) is 11.6 Å². The molecular weight excluding hydrogens is 276 g/mol. The summed E-state index contributed by atoms with van der Waals surface area (Å²) in [6.45, 7) is 4.06. The second-order valence-corrected chi connectivity index (χ2v) is 5.34. The molecule has 0 atom stereocenters. The lowest BCUT2D eigenvalue weighted by molar-refractivity contribution is 0.0947. The van der Waals surface area contributed by atoms with E-state index in [1.807, 2.05) is 0 Å². The van der Waals surface area contributed by atoms with E-state index in [-0.39, 0.29) is 11.6 Å². The first-order valence-corrected chi connectivity index (χ1v) is 7.43. The van der Waals surface area contributed by atoms with Crippen molar-refractivity contribution in [2.24, 2.45) is 0 Å². The summed E-state index contributed by atoms with van der Waals surface area (Å²) in [5.41, 5.74) is 0.277. The second kappa shape index (κ2) is 7.45. The summed E-state index contributed by atoms with van der Waals surface area (Å²) in [5.74, 6) is 0.421. The fraction of sp³-hybridized carbons (Fsp3) is 0.571. The van der Waals surface area contributed by atoms with Crippen LogP contribution in [-0.2, 0) is 0 Å². The van der Waals surface area contributed by atoms with Crippen LogP contribution in [0.2, 0.25) is 5.02 Å². The van der Waals surface area contributed by atoms with Gasteiger partial charge in [-0.15, -0.1) is 0 Å². The first-order valence-electron chi connectivity index (χ1n) is 7.05. The minimum absolute atomic E-state index is 0.214. The number of hydrogen-bond acceptors (Lipinski definition) is 4. The van der Waals surface area contributed by atoms with E-state index in [1.54, 1.807) is 19.2 Å². The van der Waals surface area contributed by atoms with Crippen LogP contribution in [0.4, 0.5) is 5.82 Å². The summed E-state index contributed by atoms with van der Waals surface area (Å²) in [6, 6.07) is 3.42. The van der Waals surface area contributed by atoms with Gasteiger partial charge in [-0.05, 0) is 51.0 Å². The molecule has 6 heteroatoms. The second-order valence-electron chi connectivity index (χ2n) is 4.94. The number of aromatic nitrogens is 1. The highest BCUT2D eigenvalue weighted by Crippen LogP contribution is 2.16. The van der Waals surface area contributed by atoms with E-state index in [4.69, 9.17) is 11.6 Å². The minimum Gasteiger partial charge on any atom is -0.373 e. The van der Waals surface area contributed by atoms with Crippen molar-refractivity contribution in [3.05, 3.63) is 22.8 Å². The zero-order valence-corrected chi connectivity index (χ0v) is 12.5. The van der Waals surface area contributed by atoms with E-state index in [9.17, 15) is 4.79 Å². The third kappa shape index (κ3) is 4.08. The van der Waals surface area contributed by atoms with Gasteiger partial charge < -0.3 is 15.5 Å². The Labute approximate surface area is 124 Å². The molecule has 0 aliphatic carbocycles. The molecule has 0 spiro atoms. The molecule has 1 saturated heterocycles. The molecule has 1 amide bonds. The largest absolute Gasteiger partial charge is 0.373 e. The van der Waals surface area contributed by atoms with Crippen LogP contribution in [0.3, 0.4) is 0 Å². The van der Waals surface area contributed by atoms with Gasteiger partial charge in [0.15, 0.2) is 0 Å². The van der Waals surface area contributed by atoms with Gasteiger partial charge in [-0.25, -0.2) is 4.98 Å².